The van der Waals surface area contributed by atoms with Crippen molar-refractivity contribution < 1.29 is 14.3 Å². The van der Waals surface area contributed by atoms with Crippen LogP contribution in [0.25, 0.3) is 17.0 Å². The molecule has 0 aliphatic rings. The Bertz CT molecular complexity index is 622. The van der Waals surface area contributed by atoms with Crippen molar-refractivity contribution in [2.24, 2.45) is 0 Å². The van der Waals surface area contributed by atoms with E-state index in [1.54, 1.807) is 24.3 Å². The Morgan fingerprint density at radius 2 is 2.06 bits per heavy atom. The molecule has 0 saturated carbocycles. The lowest BCUT2D eigenvalue weighted by molar-refractivity contribution is -0.131. The monoisotopic (exact) mass is 216 g/mol. The van der Waals surface area contributed by atoms with Crippen LogP contribution in [0.2, 0.25) is 0 Å². The summed E-state index contributed by atoms with van der Waals surface area (Å²) in [5.74, 6) is -1.10. The molecule has 16 heavy (non-hydrogen) atoms. The van der Waals surface area contributed by atoms with E-state index in [2.05, 4.69) is 0 Å². The zero-order valence-electron chi connectivity index (χ0n) is 8.21. The number of para-hydroxylation sites is 1. The van der Waals surface area contributed by atoms with Gasteiger partial charge < -0.3 is 9.52 Å². The number of carboxylic acids is 1. The molecule has 2 aromatic rings. The molecule has 0 radical (unpaired) electrons. The first kappa shape index (κ1) is 10.2. The third-order valence-electron chi connectivity index (χ3n) is 2.07. The molecule has 2 rings (SSSR count). The van der Waals surface area contributed by atoms with Gasteiger partial charge in [0.1, 0.15) is 5.58 Å². The van der Waals surface area contributed by atoms with Crippen LogP contribution in [0.3, 0.4) is 0 Å². The summed E-state index contributed by atoms with van der Waals surface area (Å²) in [5, 5.41) is 9.22. The van der Waals surface area contributed by atoms with E-state index >= 15 is 0 Å². The van der Waals surface area contributed by atoms with Crippen molar-refractivity contribution in [3.63, 3.8) is 0 Å². The smallest absolute Gasteiger partial charge is 0.343 e. The summed E-state index contributed by atoms with van der Waals surface area (Å²) in [7, 11) is 0. The fourth-order valence-electron chi connectivity index (χ4n) is 1.36. The number of carboxylic acid groups (broad SMARTS) is 1. The summed E-state index contributed by atoms with van der Waals surface area (Å²) in [4.78, 5) is 21.8. The van der Waals surface area contributed by atoms with E-state index in [4.69, 9.17) is 9.52 Å². The fourth-order valence-corrected chi connectivity index (χ4v) is 1.36. The van der Waals surface area contributed by atoms with Crippen molar-refractivity contribution in [3.8, 4) is 0 Å². The molecule has 0 bridgehead atoms. The molecule has 0 amide bonds. The lowest BCUT2D eigenvalue weighted by Crippen LogP contribution is -2.02. The van der Waals surface area contributed by atoms with Crippen molar-refractivity contribution >= 4 is 23.0 Å². The first-order chi connectivity index (χ1) is 7.66. The van der Waals surface area contributed by atoms with Gasteiger partial charge in [-0.05, 0) is 18.2 Å². The lowest BCUT2D eigenvalue weighted by Gasteiger charge is -1.96. The van der Waals surface area contributed by atoms with Crippen LogP contribution in [-0.2, 0) is 4.79 Å². The minimum atomic E-state index is -1.10. The third-order valence-corrected chi connectivity index (χ3v) is 2.07. The van der Waals surface area contributed by atoms with Crippen LogP contribution in [0.1, 0.15) is 5.56 Å². The van der Waals surface area contributed by atoms with Gasteiger partial charge in [0.05, 0.1) is 5.56 Å². The first-order valence-corrected chi connectivity index (χ1v) is 4.61. The van der Waals surface area contributed by atoms with Gasteiger partial charge in [-0.15, -0.1) is 0 Å². The molecular formula is C12H8O4. The van der Waals surface area contributed by atoms with Crippen molar-refractivity contribution in [1.29, 1.82) is 0 Å². The molecule has 1 N–H and O–H groups in total. The summed E-state index contributed by atoms with van der Waals surface area (Å²) < 4.78 is 5.03. The number of hydrogen-bond donors (Lipinski definition) is 1. The third kappa shape index (κ3) is 2.00. The molecule has 4 nitrogen and oxygen atoms in total. The average Bonchev–Trinajstić information content (AvgIpc) is 2.26. The van der Waals surface area contributed by atoms with Gasteiger partial charge in [-0.2, -0.15) is 0 Å². The Morgan fingerprint density at radius 1 is 1.31 bits per heavy atom. The zero-order chi connectivity index (χ0) is 11.5. The van der Waals surface area contributed by atoms with Crippen LogP contribution in [-0.4, -0.2) is 11.1 Å². The number of benzene rings is 1. The van der Waals surface area contributed by atoms with Crippen LogP contribution in [0, 0.1) is 0 Å². The molecule has 0 fully saturated rings. The number of aliphatic carboxylic acids is 1. The predicted octanol–water partition coefficient (Wildman–Crippen LogP) is 1.89. The quantitative estimate of drug-likeness (QED) is 0.614. The molecule has 0 aliphatic carbocycles. The van der Waals surface area contributed by atoms with E-state index in [0.29, 0.717) is 5.58 Å². The minimum absolute atomic E-state index is 0.223. The topological polar surface area (TPSA) is 67.5 Å². The van der Waals surface area contributed by atoms with Crippen molar-refractivity contribution in [1.82, 2.24) is 0 Å². The second-order valence-electron chi connectivity index (χ2n) is 3.20. The van der Waals surface area contributed by atoms with E-state index in [1.165, 1.54) is 6.08 Å². The zero-order valence-corrected chi connectivity index (χ0v) is 8.21. The second-order valence-corrected chi connectivity index (χ2v) is 3.20. The Hall–Kier alpha value is -2.36. The number of fused-ring (bicyclic) bond motifs is 1. The average molecular weight is 216 g/mol. The predicted molar refractivity (Wildman–Crippen MR) is 59.2 cm³/mol. The highest BCUT2D eigenvalue weighted by Crippen LogP contribution is 2.12. The SMILES string of the molecule is O=C(O)C=Cc1cc2ccccc2oc1=O. The molecule has 0 aliphatic heterocycles. The summed E-state index contributed by atoms with van der Waals surface area (Å²) >= 11 is 0. The normalized spacial score (nSPS) is 11.0. The van der Waals surface area contributed by atoms with Crippen molar-refractivity contribution in [2.45, 2.75) is 0 Å². The fraction of sp³-hybridized carbons (Fsp3) is 0. The van der Waals surface area contributed by atoms with E-state index in [-0.39, 0.29) is 5.56 Å². The number of rotatable bonds is 2. The summed E-state index contributed by atoms with van der Waals surface area (Å²) in [5.41, 5.74) is 0.164. The van der Waals surface area contributed by atoms with Gasteiger partial charge in [-0.25, -0.2) is 9.59 Å². The van der Waals surface area contributed by atoms with Gasteiger partial charge in [0.15, 0.2) is 0 Å². The molecule has 80 valence electrons. The molecule has 1 heterocycles. The molecule has 0 spiro atoms. The van der Waals surface area contributed by atoms with Gasteiger partial charge in [0.25, 0.3) is 0 Å². The number of hydrogen-bond acceptors (Lipinski definition) is 3. The van der Waals surface area contributed by atoms with Crippen LogP contribution >= 0.6 is 0 Å². The Balaban J connectivity index is 2.59. The van der Waals surface area contributed by atoms with E-state index in [9.17, 15) is 9.59 Å². The van der Waals surface area contributed by atoms with Crippen LogP contribution in [0.15, 0.2) is 45.6 Å². The van der Waals surface area contributed by atoms with Crippen molar-refractivity contribution in [2.75, 3.05) is 0 Å². The molecule has 1 aromatic carbocycles. The molecule has 1 aromatic heterocycles. The van der Waals surface area contributed by atoms with E-state index in [1.807, 2.05) is 6.07 Å². The highest BCUT2D eigenvalue weighted by atomic mass is 16.4. The second kappa shape index (κ2) is 4.02. The Kier molecular flexibility index (Phi) is 2.55. The highest BCUT2D eigenvalue weighted by Gasteiger charge is 2.01. The molecular weight excluding hydrogens is 208 g/mol. The maximum atomic E-state index is 11.4. The lowest BCUT2D eigenvalue weighted by atomic mass is 10.2. The van der Waals surface area contributed by atoms with Crippen LogP contribution in [0.5, 0.6) is 0 Å². The van der Waals surface area contributed by atoms with Gasteiger partial charge in [0.2, 0.25) is 0 Å². The van der Waals surface area contributed by atoms with Crippen LogP contribution in [0.4, 0.5) is 0 Å². The molecule has 0 atom stereocenters. The van der Waals surface area contributed by atoms with Crippen LogP contribution < -0.4 is 5.63 Å². The first-order valence-electron chi connectivity index (χ1n) is 4.61. The summed E-state index contributed by atoms with van der Waals surface area (Å²) in [6, 6.07) is 8.64. The van der Waals surface area contributed by atoms with Gasteiger partial charge in [-0.1, -0.05) is 18.2 Å². The van der Waals surface area contributed by atoms with Gasteiger partial charge >= 0.3 is 11.6 Å². The largest absolute Gasteiger partial charge is 0.478 e. The molecule has 0 saturated heterocycles. The summed E-state index contributed by atoms with van der Waals surface area (Å²) in [6.07, 6.45) is 2.13. The Labute approximate surface area is 90.4 Å². The maximum Gasteiger partial charge on any atom is 0.343 e. The number of carbonyl (C=O) groups is 1. The van der Waals surface area contributed by atoms with E-state index in [0.717, 1.165) is 11.5 Å². The van der Waals surface area contributed by atoms with Gasteiger partial charge in [-0.3, -0.25) is 0 Å². The highest BCUT2D eigenvalue weighted by molar-refractivity contribution is 5.86. The van der Waals surface area contributed by atoms with Gasteiger partial charge in [0, 0.05) is 11.5 Å². The Morgan fingerprint density at radius 3 is 2.81 bits per heavy atom. The molecule has 0 unspecified atom stereocenters. The summed E-state index contributed by atoms with van der Waals surface area (Å²) in [6.45, 7) is 0. The maximum absolute atomic E-state index is 11.4. The standard InChI is InChI=1S/C12H8O4/c13-11(14)6-5-9-7-8-3-1-2-4-10(8)16-12(9)15/h1-7H,(H,13,14). The minimum Gasteiger partial charge on any atom is -0.478 e. The van der Waals surface area contributed by atoms with E-state index < -0.39 is 11.6 Å². The molecule has 4 heteroatoms. The van der Waals surface area contributed by atoms with Crippen molar-refractivity contribution in [3.05, 3.63) is 52.4 Å².